The first-order valence-corrected chi connectivity index (χ1v) is 8.05. The second kappa shape index (κ2) is 9.82. The Kier molecular flexibility index (Phi) is 7.17. The summed E-state index contributed by atoms with van der Waals surface area (Å²) in [4.78, 5) is 34.4. The summed E-state index contributed by atoms with van der Waals surface area (Å²) < 4.78 is 10.9. The molecule has 138 valence electrons. The molecular weight excluding hydrogens is 340 g/mol. The normalized spacial score (nSPS) is 10.0. The molecule has 0 atom stereocenters. The minimum atomic E-state index is -0.447. The number of aromatic amines is 1. The van der Waals surface area contributed by atoms with Crippen molar-refractivity contribution in [3.05, 3.63) is 52.4 Å². The number of rotatable bonds is 9. The third-order valence-corrected chi connectivity index (χ3v) is 3.15. The topological polar surface area (TPSA) is 122 Å². The molecule has 1 aromatic carbocycles. The highest BCUT2D eigenvalue weighted by molar-refractivity contribution is 5.92. The molecule has 0 radical (unpaired) electrons. The number of para-hydroxylation sites is 2. The molecule has 2 amide bonds. The van der Waals surface area contributed by atoms with Gasteiger partial charge in [0.1, 0.15) is 5.69 Å². The lowest BCUT2D eigenvalue weighted by atomic mass is 10.3. The van der Waals surface area contributed by atoms with Gasteiger partial charge in [0, 0.05) is 19.2 Å². The molecular formula is C17H20N4O5. The van der Waals surface area contributed by atoms with Crippen molar-refractivity contribution in [2.24, 2.45) is 0 Å². The summed E-state index contributed by atoms with van der Waals surface area (Å²) in [7, 11) is 0. The smallest absolute Gasteiger partial charge is 0.271 e. The van der Waals surface area contributed by atoms with Crippen molar-refractivity contribution in [2.45, 2.75) is 6.92 Å². The van der Waals surface area contributed by atoms with Gasteiger partial charge in [-0.3, -0.25) is 14.4 Å². The first-order chi connectivity index (χ1) is 12.6. The van der Waals surface area contributed by atoms with E-state index in [-0.39, 0.29) is 36.9 Å². The second-order valence-electron chi connectivity index (χ2n) is 5.08. The van der Waals surface area contributed by atoms with E-state index < -0.39 is 5.91 Å². The summed E-state index contributed by atoms with van der Waals surface area (Å²) >= 11 is 0. The minimum Gasteiger partial charge on any atom is -0.490 e. The van der Waals surface area contributed by atoms with Crippen LogP contribution < -0.4 is 25.7 Å². The molecule has 2 aromatic rings. The number of amides is 2. The molecule has 0 aliphatic heterocycles. The van der Waals surface area contributed by atoms with Crippen molar-refractivity contribution in [2.75, 3.05) is 26.3 Å². The lowest BCUT2D eigenvalue weighted by Crippen LogP contribution is -2.37. The van der Waals surface area contributed by atoms with E-state index >= 15 is 0 Å². The standard InChI is InChI=1S/C17H20N4O5/c1-2-25-13-5-3-4-6-14(13)26-11-16(23)18-9-10-19-17(24)12-7-8-15(22)21-20-12/h3-8H,2,9-11H2,1H3,(H,18,23)(H,19,24)(H,21,22). The monoisotopic (exact) mass is 360 g/mol. The van der Waals surface area contributed by atoms with Crippen LogP contribution in [0.3, 0.4) is 0 Å². The zero-order chi connectivity index (χ0) is 18.8. The Hall–Kier alpha value is -3.36. The Morgan fingerprint density at radius 3 is 2.38 bits per heavy atom. The number of carbonyl (C=O) groups excluding carboxylic acids is 2. The first-order valence-electron chi connectivity index (χ1n) is 8.05. The van der Waals surface area contributed by atoms with Gasteiger partial charge < -0.3 is 20.1 Å². The molecule has 0 saturated carbocycles. The molecule has 1 heterocycles. The van der Waals surface area contributed by atoms with Crippen molar-refractivity contribution in [1.82, 2.24) is 20.8 Å². The highest BCUT2D eigenvalue weighted by atomic mass is 16.5. The van der Waals surface area contributed by atoms with Gasteiger partial charge in [-0.1, -0.05) is 12.1 Å². The number of aromatic nitrogens is 2. The molecule has 9 heteroatoms. The lowest BCUT2D eigenvalue weighted by Gasteiger charge is -2.11. The fourth-order valence-corrected chi connectivity index (χ4v) is 1.98. The van der Waals surface area contributed by atoms with E-state index in [4.69, 9.17) is 9.47 Å². The summed E-state index contributed by atoms with van der Waals surface area (Å²) in [6, 6.07) is 9.61. The van der Waals surface area contributed by atoms with E-state index in [2.05, 4.69) is 20.8 Å². The molecule has 26 heavy (non-hydrogen) atoms. The largest absolute Gasteiger partial charge is 0.490 e. The van der Waals surface area contributed by atoms with Gasteiger partial charge in [0.15, 0.2) is 18.1 Å². The summed E-state index contributed by atoms with van der Waals surface area (Å²) in [6.45, 7) is 2.63. The van der Waals surface area contributed by atoms with Crippen LogP contribution in [-0.4, -0.2) is 48.3 Å². The highest BCUT2D eigenvalue weighted by Crippen LogP contribution is 2.26. The predicted molar refractivity (Wildman–Crippen MR) is 93.3 cm³/mol. The van der Waals surface area contributed by atoms with Crippen LogP contribution in [0.15, 0.2) is 41.2 Å². The number of benzene rings is 1. The third kappa shape index (κ3) is 5.93. The van der Waals surface area contributed by atoms with Crippen molar-refractivity contribution in [1.29, 1.82) is 0 Å². The van der Waals surface area contributed by atoms with Crippen LogP contribution in [0.25, 0.3) is 0 Å². The number of H-pyrrole nitrogens is 1. The molecule has 0 saturated heterocycles. The van der Waals surface area contributed by atoms with Gasteiger partial charge in [-0.2, -0.15) is 5.10 Å². The number of nitrogens with one attached hydrogen (secondary N) is 3. The maximum absolute atomic E-state index is 11.8. The Bertz CT molecular complexity index is 785. The fraction of sp³-hybridized carbons (Fsp3) is 0.294. The molecule has 0 unspecified atom stereocenters. The molecule has 3 N–H and O–H groups in total. The number of nitrogens with zero attached hydrogens (tertiary/aromatic N) is 1. The van der Waals surface area contributed by atoms with Gasteiger partial charge >= 0.3 is 0 Å². The maximum atomic E-state index is 11.8. The fourth-order valence-electron chi connectivity index (χ4n) is 1.98. The molecule has 2 rings (SSSR count). The van der Waals surface area contributed by atoms with Crippen molar-refractivity contribution in [3.8, 4) is 11.5 Å². The van der Waals surface area contributed by atoms with Gasteiger partial charge in [0.2, 0.25) is 0 Å². The quantitative estimate of drug-likeness (QED) is 0.545. The zero-order valence-corrected chi connectivity index (χ0v) is 14.3. The van der Waals surface area contributed by atoms with Crippen LogP contribution in [0.5, 0.6) is 11.5 Å². The van der Waals surface area contributed by atoms with Crippen LogP contribution >= 0.6 is 0 Å². The van der Waals surface area contributed by atoms with Crippen molar-refractivity contribution < 1.29 is 19.1 Å². The van der Waals surface area contributed by atoms with E-state index in [0.29, 0.717) is 18.1 Å². The zero-order valence-electron chi connectivity index (χ0n) is 14.3. The van der Waals surface area contributed by atoms with Crippen molar-refractivity contribution >= 4 is 11.8 Å². The van der Waals surface area contributed by atoms with Gasteiger partial charge in [0.05, 0.1) is 6.61 Å². The van der Waals surface area contributed by atoms with E-state index in [1.165, 1.54) is 12.1 Å². The average molecular weight is 360 g/mol. The number of carbonyl (C=O) groups is 2. The molecule has 0 fully saturated rings. The number of hydrogen-bond donors (Lipinski definition) is 3. The summed E-state index contributed by atoms with van der Waals surface area (Å²) in [5, 5.41) is 11.0. The van der Waals surface area contributed by atoms with Gasteiger partial charge in [-0.05, 0) is 25.1 Å². The SMILES string of the molecule is CCOc1ccccc1OCC(=O)NCCNC(=O)c1ccc(=O)[nH]n1. The lowest BCUT2D eigenvalue weighted by molar-refractivity contribution is -0.123. The van der Waals surface area contributed by atoms with Gasteiger partial charge in [-0.25, -0.2) is 5.10 Å². The molecule has 0 spiro atoms. The second-order valence-corrected chi connectivity index (χ2v) is 5.08. The molecule has 0 aliphatic rings. The summed E-state index contributed by atoms with van der Waals surface area (Å²) in [6.07, 6.45) is 0. The Morgan fingerprint density at radius 2 is 1.73 bits per heavy atom. The Morgan fingerprint density at radius 1 is 1.04 bits per heavy atom. The molecule has 0 aliphatic carbocycles. The summed E-state index contributed by atoms with van der Waals surface area (Å²) in [5.41, 5.74) is -0.300. The van der Waals surface area contributed by atoms with Gasteiger partial charge in [-0.15, -0.1) is 0 Å². The number of hydrogen-bond acceptors (Lipinski definition) is 6. The molecule has 1 aromatic heterocycles. The van der Waals surface area contributed by atoms with Crippen LogP contribution in [0.1, 0.15) is 17.4 Å². The van der Waals surface area contributed by atoms with E-state index in [1.54, 1.807) is 18.2 Å². The Labute approximate surface area is 149 Å². The van der Waals surface area contributed by atoms with E-state index in [0.717, 1.165) is 0 Å². The van der Waals surface area contributed by atoms with Crippen LogP contribution in [-0.2, 0) is 4.79 Å². The number of ether oxygens (including phenoxy) is 2. The average Bonchev–Trinajstić information content (AvgIpc) is 2.65. The van der Waals surface area contributed by atoms with Gasteiger partial charge in [0.25, 0.3) is 17.4 Å². The minimum absolute atomic E-state index is 0.0896. The third-order valence-electron chi connectivity index (χ3n) is 3.15. The van der Waals surface area contributed by atoms with Crippen LogP contribution in [0, 0.1) is 0 Å². The van der Waals surface area contributed by atoms with E-state index in [1.807, 2.05) is 13.0 Å². The van der Waals surface area contributed by atoms with Crippen molar-refractivity contribution in [3.63, 3.8) is 0 Å². The van der Waals surface area contributed by atoms with Crippen LogP contribution in [0.2, 0.25) is 0 Å². The molecule has 0 bridgehead atoms. The van der Waals surface area contributed by atoms with E-state index in [9.17, 15) is 14.4 Å². The first kappa shape index (κ1) is 19.0. The van der Waals surface area contributed by atoms with Crippen LogP contribution in [0.4, 0.5) is 0 Å². The Balaban J connectivity index is 1.68. The highest BCUT2D eigenvalue weighted by Gasteiger charge is 2.08. The molecule has 9 nitrogen and oxygen atoms in total. The predicted octanol–water partition coefficient (Wildman–Crippen LogP) is 0.0936. The maximum Gasteiger partial charge on any atom is 0.271 e. The summed E-state index contributed by atoms with van der Waals surface area (Å²) in [5.74, 6) is 0.288.